The first-order chi connectivity index (χ1) is 13.4. The number of amides is 2. The quantitative estimate of drug-likeness (QED) is 0.190. The standard InChI is InChI=1S/C19H17ClN4O2S2/c1-3-9-24-18(26)14(17(25)21-19(24)27)10-15-16(20)22(2)11-23(15)12-28-13-7-5-4-6-8-13/h3-8,10-11H,1,9,12H2,2H3/p+1. The zero-order valence-electron chi connectivity index (χ0n) is 15.1. The zero-order chi connectivity index (χ0) is 20.3. The van der Waals surface area contributed by atoms with Crippen molar-refractivity contribution in [3.63, 3.8) is 0 Å². The molecule has 0 bridgehead atoms. The molecule has 0 spiro atoms. The van der Waals surface area contributed by atoms with Crippen LogP contribution >= 0.6 is 35.6 Å². The number of halogens is 1. The highest BCUT2D eigenvalue weighted by Crippen LogP contribution is 2.22. The van der Waals surface area contributed by atoms with Gasteiger partial charge in [-0.15, -0.1) is 6.58 Å². The van der Waals surface area contributed by atoms with Gasteiger partial charge in [-0.25, -0.2) is 9.13 Å². The van der Waals surface area contributed by atoms with Crippen molar-refractivity contribution in [3.8, 4) is 0 Å². The molecule has 2 heterocycles. The van der Waals surface area contributed by atoms with Gasteiger partial charge in [-0.2, -0.15) is 0 Å². The number of nitrogens with one attached hydrogen (secondary N) is 1. The van der Waals surface area contributed by atoms with E-state index in [1.807, 2.05) is 41.2 Å². The van der Waals surface area contributed by atoms with E-state index in [4.69, 9.17) is 23.8 Å². The van der Waals surface area contributed by atoms with Gasteiger partial charge in [0.15, 0.2) is 10.8 Å². The summed E-state index contributed by atoms with van der Waals surface area (Å²) in [6.45, 7) is 3.83. The van der Waals surface area contributed by atoms with Crippen LogP contribution in [0.4, 0.5) is 0 Å². The Morgan fingerprint density at radius 1 is 1.32 bits per heavy atom. The Kier molecular flexibility index (Phi) is 6.33. The van der Waals surface area contributed by atoms with Crippen molar-refractivity contribution in [1.82, 2.24) is 14.8 Å². The van der Waals surface area contributed by atoms with E-state index in [9.17, 15) is 9.59 Å². The summed E-state index contributed by atoms with van der Waals surface area (Å²) < 4.78 is 3.62. The fourth-order valence-electron chi connectivity index (χ4n) is 2.65. The molecule has 1 aliphatic heterocycles. The second-order valence-corrected chi connectivity index (χ2v) is 7.74. The van der Waals surface area contributed by atoms with Gasteiger partial charge >= 0.3 is 0 Å². The van der Waals surface area contributed by atoms with Gasteiger partial charge in [-0.3, -0.25) is 19.8 Å². The van der Waals surface area contributed by atoms with E-state index in [1.54, 1.807) is 29.5 Å². The van der Waals surface area contributed by atoms with Crippen LogP contribution in [-0.2, 0) is 22.5 Å². The third-order valence-corrected chi connectivity index (χ3v) is 5.83. The van der Waals surface area contributed by atoms with Crippen molar-refractivity contribution >= 4 is 58.6 Å². The maximum absolute atomic E-state index is 12.7. The summed E-state index contributed by atoms with van der Waals surface area (Å²) >= 11 is 13.1. The van der Waals surface area contributed by atoms with E-state index in [0.717, 1.165) is 4.90 Å². The lowest BCUT2D eigenvalue weighted by Gasteiger charge is -2.27. The van der Waals surface area contributed by atoms with Gasteiger partial charge in [-0.1, -0.05) is 36.0 Å². The molecule has 6 nitrogen and oxygen atoms in total. The summed E-state index contributed by atoms with van der Waals surface area (Å²) in [5.41, 5.74) is 0.541. The van der Waals surface area contributed by atoms with Crippen molar-refractivity contribution in [2.75, 3.05) is 6.54 Å². The molecule has 0 unspecified atom stereocenters. The van der Waals surface area contributed by atoms with Gasteiger partial charge in [0.2, 0.25) is 11.5 Å². The summed E-state index contributed by atoms with van der Waals surface area (Å²) in [5, 5.41) is 3.03. The first-order valence-corrected chi connectivity index (χ1v) is 10.1. The largest absolute Gasteiger partial charge is 0.298 e. The van der Waals surface area contributed by atoms with Crippen molar-refractivity contribution in [2.24, 2.45) is 7.05 Å². The molecule has 0 saturated carbocycles. The maximum Gasteiger partial charge on any atom is 0.266 e. The van der Waals surface area contributed by atoms with Crippen molar-refractivity contribution in [3.05, 3.63) is 65.7 Å². The van der Waals surface area contributed by atoms with Crippen LogP contribution in [0.15, 0.2) is 59.8 Å². The molecule has 1 fully saturated rings. The van der Waals surface area contributed by atoms with Gasteiger partial charge in [-0.05, 0) is 36.0 Å². The molecule has 1 aliphatic rings. The Bertz CT molecular complexity index is 985. The summed E-state index contributed by atoms with van der Waals surface area (Å²) in [7, 11) is 1.80. The number of rotatable bonds is 6. The van der Waals surface area contributed by atoms with Crippen LogP contribution in [0.25, 0.3) is 6.08 Å². The number of hydrogen-bond acceptors (Lipinski definition) is 4. The fraction of sp³-hybridized carbons (Fsp3) is 0.158. The van der Waals surface area contributed by atoms with E-state index in [0.29, 0.717) is 16.7 Å². The smallest absolute Gasteiger partial charge is 0.266 e. The molecule has 1 saturated heterocycles. The summed E-state index contributed by atoms with van der Waals surface area (Å²) in [6, 6.07) is 9.92. The number of aryl methyl sites for hydroxylation is 1. The molecule has 2 amide bonds. The molecule has 1 aromatic carbocycles. The van der Waals surface area contributed by atoms with Crippen LogP contribution in [-0.4, -0.2) is 32.9 Å². The number of thioether (sulfide) groups is 1. The Hall–Kier alpha value is -2.42. The minimum absolute atomic E-state index is 0.0259. The Balaban J connectivity index is 1.94. The third-order valence-electron chi connectivity index (χ3n) is 4.04. The van der Waals surface area contributed by atoms with Crippen LogP contribution in [0.5, 0.6) is 0 Å². The summed E-state index contributed by atoms with van der Waals surface area (Å²) in [5.74, 6) is -0.456. The average Bonchev–Trinajstić information content (AvgIpc) is 2.95. The first-order valence-electron chi connectivity index (χ1n) is 8.34. The molecule has 3 rings (SSSR count). The van der Waals surface area contributed by atoms with Crippen LogP contribution in [0.3, 0.4) is 0 Å². The highest BCUT2D eigenvalue weighted by molar-refractivity contribution is 7.98. The molecular formula is C19H18ClN4O2S2+. The van der Waals surface area contributed by atoms with E-state index >= 15 is 0 Å². The average molecular weight is 434 g/mol. The number of carbonyl (C=O) groups excluding carboxylic acids is 2. The Labute approximate surface area is 177 Å². The number of benzene rings is 1. The van der Waals surface area contributed by atoms with E-state index in [1.165, 1.54) is 11.0 Å². The summed E-state index contributed by atoms with van der Waals surface area (Å²) in [6.07, 6.45) is 4.87. The lowest BCUT2D eigenvalue weighted by Crippen LogP contribution is -2.54. The number of hydrogen-bond donors (Lipinski definition) is 1. The van der Waals surface area contributed by atoms with E-state index in [2.05, 4.69) is 11.9 Å². The van der Waals surface area contributed by atoms with E-state index < -0.39 is 11.8 Å². The monoisotopic (exact) mass is 433 g/mol. The molecule has 144 valence electrons. The Morgan fingerprint density at radius 3 is 2.71 bits per heavy atom. The van der Waals surface area contributed by atoms with Crippen molar-refractivity contribution < 1.29 is 14.2 Å². The van der Waals surface area contributed by atoms with Crippen LogP contribution in [0.2, 0.25) is 5.15 Å². The molecule has 2 aromatic rings. The number of nitrogens with zero attached hydrogens (tertiary/aromatic N) is 3. The highest BCUT2D eigenvalue weighted by Gasteiger charge is 2.34. The lowest BCUT2D eigenvalue weighted by atomic mass is 10.1. The molecule has 1 N–H and O–H groups in total. The second kappa shape index (κ2) is 8.72. The van der Waals surface area contributed by atoms with Crippen molar-refractivity contribution in [1.29, 1.82) is 0 Å². The maximum atomic E-state index is 12.7. The van der Waals surface area contributed by atoms with Crippen LogP contribution < -0.4 is 9.88 Å². The molecule has 1 aromatic heterocycles. The summed E-state index contributed by atoms with van der Waals surface area (Å²) in [4.78, 5) is 27.5. The normalized spacial score (nSPS) is 15.9. The van der Waals surface area contributed by atoms with Crippen LogP contribution in [0, 0.1) is 0 Å². The molecule has 0 radical (unpaired) electrons. The minimum atomic E-state index is -0.544. The number of carbonyl (C=O) groups is 2. The zero-order valence-corrected chi connectivity index (χ0v) is 17.5. The SMILES string of the molecule is C=CCN1C(=O)C(=Cc2c(Cl)n(C)c[n+]2CSc2ccccc2)C(=O)NC1=S. The minimum Gasteiger partial charge on any atom is -0.298 e. The van der Waals surface area contributed by atoms with Gasteiger partial charge in [0.1, 0.15) is 11.4 Å². The second-order valence-electron chi connectivity index (χ2n) is 5.98. The number of aromatic nitrogens is 2. The predicted molar refractivity (Wildman–Crippen MR) is 114 cm³/mol. The van der Waals surface area contributed by atoms with Gasteiger partial charge in [0.25, 0.3) is 11.8 Å². The fourth-order valence-corrected chi connectivity index (χ4v) is 3.95. The first kappa shape index (κ1) is 20.3. The molecule has 9 heteroatoms. The van der Waals surface area contributed by atoms with Crippen molar-refractivity contribution in [2.45, 2.75) is 10.8 Å². The molecular weight excluding hydrogens is 416 g/mol. The number of imidazole rings is 1. The van der Waals surface area contributed by atoms with E-state index in [-0.39, 0.29) is 17.2 Å². The topological polar surface area (TPSA) is 58.2 Å². The molecule has 28 heavy (non-hydrogen) atoms. The van der Waals surface area contributed by atoms with Gasteiger partial charge in [0.05, 0.1) is 7.05 Å². The third kappa shape index (κ3) is 4.19. The van der Waals surface area contributed by atoms with Gasteiger partial charge < -0.3 is 0 Å². The molecule has 0 atom stereocenters. The predicted octanol–water partition coefficient (Wildman–Crippen LogP) is 2.53. The lowest BCUT2D eigenvalue weighted by molar-refractivity contribution is -0.677. The van der Waals surface area contributed by atoms with Gasteiger partial charge in [0, 0.05) is 17.5 Å². The number of thiocarbonyl (C=S) groups is 1. The van der Waals surface area contributed by atoms with Crippen LogP contribution in [0.1, 0.15) is 5.69 Å². The Morgan fingerprint density at radius 2 is 2.04 bits per heavy atom. The highest BCUT2D eigenvalue weighted by atomic mass is 35.5. The molecule has 0 aliphatic carbocycles.